The predicted molar refractivity (Wildman–Crippen MR) is 57.7 cm³/mol. The molecule has 1 fully saturated rings. The summed E-state index contributed by atoms with van der Waals surface area (Å²) < 4.78 is 0. The Hall–Kier alpha value is -0.0800. The van der Waals surface area contributed by atoms with E-state index in [1.807, 2.05) is 0 Å². The van der Waals surface area contributed by atoms with E-state index < -0.39 is 0 Å². The minimum Gasteiger partial charge on any atom is -0.325 e. The van der Waals surface area contributed by atoms with E-state index in [9.17, 15) is 0 Å². The van der Waals surface area contributed by atoms with Crippen molar-refractivity contribution in [3.05, 3.63) is 0 Å². The quantitative estimate of drug-likeness (QED) is 0.674. The molecule has 0 bridgehead atoms. The smallest absolute Gasteiger partial charge is 0.0138 e. The van der Waals surface area contributed by atoms with Crippen molar-refractivity contribution in [2.75, 3.05) is 13.1 Å². The predicted octanol–water partition coefficient (Wildman–Crippen LogP) is 1.84. The number of rotatable bonds is 1. The Balaban J connectivity index is 2.55. The Morgan fingerprint density at radius 3 is 1.92 bits per heavy atom. The molecule has 2 nitrogen and oxygen atoms in total. The first-order valence-corrected chi connectivity index (χ1v) is 5.25. The van der Waals surface area contributed by atoms with Crippen LogP contribution >= 0.6 is 0 Å². The zero-order chi connectivity index (χ0) is 10.3. The van der Waals surface area contributed by atoms with E-state index in [1.54, 1.807) is 0 Å². The molecule has 2 N–H and O–H groups in total. The van der Waals surface area contributed by atoms with Crippen LogP contribution in [0, 0.1) is 5.92 Å². The fourth-order valence-electron chi connectivity index (χ4n) is 1.98. The molecule has 1 aliphatic rings. The molecule has 0 aromatic carbocycles. The highest BCUT2D eigenvalue weighted by Gasteiger charge is 2.36. The van der Waals surface area contributed by atoms with Crippen LogP contribution in [-0.2, 0) is 0 Å². The van der Waals surface area contributed by atoms with Crippen molar-refractivity contribution in [3.8, 4) is 0 Å². The highest BCUT2D eigenvalue weighted by Crippen LogP contribution is 2.29. The summed E-state index contributed by atoms with van der Waals surface area (Å²) in [7, 11) is 0. The molecule has 1 atom stereocenters. The van der Waals surface area contributed by atoms with Gasteiger partial charge in [-0.3, -0.25) is 4.90 Å². The van der Waals surface area contributed by atoms with E-state index in [2.05, 4.69) is 39.5 Å². The monoisotopic (exact) mass is 184 g/mol. The third-order valence-electron chi connectivity index (χ3n) is 3.19. The Bertz CT molecular complexity index is 154. The fourth-order valence-corrected chi connectivity index (χ4v) is 1.98. The van der Waals surface area contributed by atoms with E-state index in [0.717, 1.165) is 6.54 Å². The van der Waals surface area contributed by atoms with Crippen LogP contribution in [0.4, 0.5) is 0 Å². The van der Waals surface area contributed by atoms with Gasteiger partial charge in [-0.05, 0) is 53.5 Å². The number of likely N-dealkylation sites (tertiary alicyclic amines) is 1. The van der Waals surface area contributed by atoms with Gasteiger partial charge in [0.05, 0.1) is 0 Å². The van der Waals surface area contributed by atoms with Crippen LogP contribution in [0.1, 0.15) is 41.0 Å². The Morgan fingerprint density at radius 1 is 1.15 bits per heavy atom. The van der Waals surface area contributed by atoms with Crippen molar-refractivity contribution in [3.63, 3.8) is 0 Å². The summed E-state index contributed by atoms with van der Waals surface area (Å²) in [5.74, 6) is 0.659. The lowest BCUT2D eigenvalue weighted by Crippen LogP contribution is -2.45. The molecule has 1 aliphatic heterocycles. The van der Waals surface area contributed by atoms with Crippen LogP contribution in [0.5, 0.6) is 0 Å². The lowest BCUT2D eigenvalue weighted by Gasteiger charge is -2.33. The van der Waals surface area contributed by atoms with Crippen LogP contribution in [-0.4, -0.2) is 29.1 Å². The minimum absolute atomic E-state index is 0.0139. The summed E-state index contributed by atoms with van der Waals surface area (Å²) >= 11 is 0. The maximum absolute atomic E-state index is 6.12. The molecule has 0 aliphatic carbocycles. The third kappa shape index (κ3) is 2.68. The molecule has 2 heteroatoms. The average Bonchev–Trinajstić information content (AvgIpc) is 2.28. The van der Waals surface area contributed by atoms with Crippen molar-refractivity contribution < 1.29 is 0 Å². The Morgan fingerprint density at radius 2 is 1.69 bits per heavy atom. The summed E-state index contributed by atoms with van der Waals surface area (Å²) in [6.07, 6.45) is 1.25. The first-order chi connectivity index (χ1) is 5.71. The summed E-state index contributed by atoms with van der Waals surface area (Å²) in [5.41, 5.74) is 6.41. The van der Waals surface area contributed by atoms with Gasteiger partial charge in [-0.1, -0.05) is 0 Å². The van der Waals surface area contributed by atoms with Gasteiger partial charge in [0.1, 0.15) is 0 Å². The number of hydrogen-bond acceptors (Lipinski definition) is 2. The lowest BCUT2D eigenvalue weighted by atomic mass is 9.88. The van der Waals surface area contributed by atoms with Gasteiger partial charge in [-0.15, -0.1) is 0 Å². The number of nitrogens with two attached hydrogens (primary N) is 1. The molecule has 78 valence electrons. The second-order valence-electron chi connectivity index (χ2n) is 5.92. The largest absolute Gasteiger partial charge is 0.325 e. The molecule has 0 radical (unpaired) electrons. The van der Waals surface area contributed by atoms with E-state index in [-0.39, 0.29) is 5.54 Å². The van der Waals surface area contributed by atoms with E-state index >= 15 is 0 Å². The molecule has 0 amide bonds. The molecule has 1 saturated heterocycles. The van der Waals surface area contributed by atoms with Gasteiger partial charge < -0.3 is 5.73 Å². The van der Waals surface area contributed by atoms with Crippen LogP contribution in [0.15, 0.2) is 0 Å². The first-order valence-electron chi connectivity index (χ1n) is 5.25. The molecule has 1 heterocycles. The van der Waals surface area contributed by atoms with Crippen LogP contribution in [0.3, 0.4) is 0 Å². The summed E-state index contributed by atoms with van der Waals surface area (Å²) in [4.78, 5) is 2.53. The van der Waals surface area contributed by atoms with Crippen molar-refractivity contribution in [1.29, 1.82) is 0 Å². The molecule has 0 aromatic heterocycles. The van der Waals surface area contributed by atoms with Crippen LogP contribution in [0.2, 0.25) is 0 Å². The van der Waals surface area contributed by atoms with Crippen LogP contribution < -0.4 is 5.73 Å². The highest BCUT2D eigenvalue weighted by atomic mass is 15.2. The van der Waals surface area contributed by atoms with Crippen molar-refractivity contribution >= 4 is 0 Å². The first kappa shape index (κ1) is 11.0. The summed E-state index contributed by atoms with van der Waals surface area (Å²) in [6, 6.07) is 0. The number of hydrogen-bond donors (Lipinski definition) is 1. The molecule has 13 heavy (non-hydrogen) atoms. The standard InChI is InChI=1S/C11H24N2/c1-10(2,3)13-7-6-9(8-13)11(4,5)12/h9H,6-8,12H2,1-5H3/t9-/m1/s1. The minimum atomic E-state index is -0.0139. The average molecular weight is 184 g/mol. The normalized spacial score (nSPS) is 26.8. The number of nitrogens with zero attached hydrogens (tertiary/aromatic N) is 1. The Labute approximate surface area is 82.5 Å². The van der Waals surface area contributed by atoms with Gasteiger partial charge in [0, 0.05) is 17.6 Å². The molecule has 0 aromatic rings. The SMILES string of the molecule is CC(C)(N)[C@@H]1CCN(C(C)(C)C)C1. The molecule has 0 unspecified atom stereocenters. The highest BCUT2D eigenvalue weighted by molar-refractivity contribution is 4.93. The third-order valence-corrected chi connectivity index (χ3v) is 3.19. The topological polar surface area (TPSA) is 29.3 Å². The van der Waals surface area contributed by atoms with Gasteiger partial charge >= 0.3 is 0 Å². The van der Waals surface area contributed by atoms with Gasteiger partial charge in [0.2, 0.25) is 0 Å². The van der Waals surface area contributed by atoms with Crippen molar-refractivity contribution in [2.24, 2.45) is 11.7 Å². The van der Waals surface area contributed by atoms with Crippen molar-refractivity contribution in [2.45, 2.75) is 52.1 Å². The zero-order valence-electron chi connectivity index (χ0n) is 9.72. The summed E-state index contributed by atoms with van der Waals surface area (Å²) in [5, 5.41) is 0. The lowest BCUT2D eigenvalue weighted by molar-refractivity contribution is 0.159. The van der Waals surface area contributed by atoms with Gasteiger partial charge in [-0.2, -0.15) is 0 Å². The zero-order valence-corrected chi connectivity index (χ0v) is 9.72. The van der Waals surface area contributed by atoms with Gasteiger partial charge in [0.25, 0.3) is 0 Å². The molecule has 0 saturated carbocycles. The maximum Gasteiger partial charge on any atom is 0.0138 e. The maximum atomic E-state index is 6.12. The van der Waals surface area contributed by atoms with E-state index in [0.29, 0.717) is 11.5 Å². The van der Waals surface area contributed by atoms with E-state index in [4.69, 9.17) is 5.73 Å². The summed E-state index contributed by atoms with van der Waals surface area (Å²) in [6.45, 7) is 13.5. The van der Waals surface area contributed by atoms with Gasteiger partial charge in [0.15, 0.2) is 0 Å². The fraction of sp³-hybridized carbons (Fsp3) is 1.00. The van der Waals surface area contributed by atoms with E-state index in [1.165, 1.54) is 13.0 Å². The van der Waals surface area contributed by atoms with Gasteiger partial charge in [-0.25, -0.2) is 0 Å². The second-order valence-corrected chi connectivity index (χ2v) is 5.92. The molecule has 0 spiro atoms. The Kier molecular flexibility index (Phi) is 2.75. The van der Waals surface area contributed by atoms with Crippen LogP contribution in [0.25, 0.3) is 0 Å². The second kappa shape index (κ2) is 3.25. The molecular weight excluding hydrogens is 160 g/mol. The van der Waals surface area contributed by atoms with Crippen molar-refractivity contribution in [1.82, 2.24) is 4.90 Å². The molecular formula is C11H24N2. The molecule has 1 rings (SSSR count).